The fourth-order valence-electron chi connectivity index (χ4n) is 3.13. The number of benzene rings is 1. The van der Waals surface area contributed by atoms with Gasteiger partial charge in [-0.3, -0.25) is 4.79 Å². The van der Waals surface area contributed by atoms with E-state index in [2.05, 4.69) is 19.1 Å². The quantitative estimate of drug-likeness (QED) is 0.773. The van der Waals surface area contributed by atoms with Gasteiger partial charge < -0.3 is 4.90 Å². The summed E-state index contributed by atoms with van der Waals surface area (Å²) in [7, 11) is 0. The third kappa shape index (κ3) is 1.74. The zero-order valence-electron chi connectivity index (χ0n) is 11.2. The summed E-state index contributed by atoms with van der Waals surface area (Å²) in [5.74, 6) is 0.0147. The van der Waals surface area contributed by atoms with Gasteiger partial charge in [-0.25, -0.2) is 0 Å². The van der Waals surface area contributed by atoms with Crippen LogP contribution in [0, 0.1) is 16.7 Å². The second-order valence-electron chi connectivity index (χ2n) is 5.74. The van der Waals surface area contributed by atoms with Crippen LogP contribution in [0.15, 0.2) is 24.3 Å². The number of hydrogen-bond donors (Lipinski definition) is 0. The molecule has 19 heavy (non-hydrogen) atoms. The number of hydrogen-bond acceptors (Lipinski definition) is 2. The molecule has 98 valence electrons. The van der Waals surface area contributed by atoms with Crippen molar-refractivity contribution in [3.8, 4) is 6.07 Å². The Morgan fingerprint density at radius 1 is 1.42 bits per heavy atom. The lowest BCUT2D eigenvalue weighted by atomic mass is 9.68. The number of rotatable bonds is 1. The minimum Gasteiger partial charge on any atom is -0.308 e. The number of aryl methyl sites for hydroxylation is 1. The van der Waals surface area contributed by atoms with Crippen LogP contribution in [0.25, 0.3) is 0 Å². The minimum absolute atomic E-state index is 0.0147. The molecule has 0 saturated heterocycles. The summed E-state index contributed by atoms with van der Waals surface area (Å²) < 4.78 is 0. The van der Waals surface area contributed by atoms with Gasteiger partial charge >= 0.3 is 0 Å². The van der Waals surface area contributed by atoms with Crippen molar-refractivity contribution in [1.82, 2.24) is 0 Å². The molecule has 1 fully saturated rings. The van der Waals surface area contributed by atoms with Crippen molar-refractivity contribution < 1.29 is 4.79 Å². The lowest BCUT2D eigenvalue weighted by molar-refractivity contribution is -0.129. The lowest BCUT2D eigenvalue weighted by Gasteiger charge is -2.43. The molecule has 1 atom stereocenters. The number of carbonyl (C=O) groups excluding carboxylic acids is 1. The second-order valence-corrected chi connectivity index (χ2v) is 5.74. The van der Waals surface area contributed by atoms with Crippen LogP contribution in [-0.2, 0) is 11.2 Å². The predicted molar refractivity (Wildman–Crippen MR) is 73.6 cm³/mol. The Labute approximate surface area is 113 Å². The fraction of sp³-hybridized carbons (Fsp3) is 0.500. The molecule has 1 aromatic carbocycles. The van der Waals surface area contributed by atoms with E-state index in [4.69, 9.17) is 0 Å². The number of fused-ring (bicyclic) bond motifs is 1. The van der Waals surface area contributed by atoms with E-state index in [1.54, 1.807) is 0 Å². The summed E-state index contributed by atoms with van der Waals surface area (Å²) >= 11 is 0. The molecule has 3 rings (SSSR count). The molecule has 0 radical (unpaired) electrons. The topological polar surface area (TPSA) is 44.1 Å². The highest BCUT2D eigenvalue weighted by atomic mass is 16.2. The molecule has 0 aromatic heterocycles. The fourth-order valence-corrected chi connectivity index (χ4v) is 3.13. The van der Waals surface area contributed by atoms with Gasteiger partial charge in [-0.2, -0.15) is 5.26 Å². The summed E-state index contributed by atoms with van der Waals surface area (Å²) in [6.07, 6.45) is 4.41. The average molecular weight is 254 g/mol. The molecule has 1 amide bonds. The Balaban J connectivity index is 2.00. The summed E-state index contributed by atoms with van der Waals surface area (Å²) in [6.45, 7) is 2.08. The maximum Gasteiger partial charge on any atom is 0.247 e. The third-order valence-corrected chi connectivity index (χ3v) is 4.57. The maximum absolute atomic E-state index is 12.8. The molecule has 1 aromatic rings. The van der Waals surface area contributed by atoms with Crippen molar-refractivity contribution >= 4 is 11.6 Å². The Morgan fingerprint density at radius 3 is 2.79 bits per heavy atom. The first-order valence-electron chi connectivity index (χ1n) is 7.01. The highest BCUT2D eigenvalue weighted by Crippen LogP contribution is 2.44. The Kier molecular flexibility index (Phi) is 2.82. The molecule has 0 N–H and O–H groups in total. The van der Waals surface area contributed by atoms with Crippen LogP contribution in [0.1, 0.15) is 38.2 Å². The lowest BCUT2D eigenvalue weighted by Crippen LogP contribution is -2.52. The van der Waals surface area contributed by atoms with Gasteiger partial charge in [0, 0.05) is 11.7 Å². The number of amides is 1. The normalized spacial score (nSPS) is 24.0. The number of anilines is 1. The van der Waals surface area contributed by atoms with Crippen LogP contribution in [0.5, 0.6) is 0 Å². The third-order valence-electron chi connectivity index (χ3n) is 4.57. The Bertz CT molecular complexity index is 554. The SMILES string of the molecule is CC1CCc2ccccc2N1C(=O)C1(C#N)CCC1. The van der Waals surface area contributed by atoms with Gasteiger partial charge in [-0.15, -0.1) is 0 Å². The average Bonchev–Trinajstić information content (AvgIpc) is 2.37. The van der Waals surface area contributed by atoms with Gasteiger partial charge in [0.1, 0.15) is 5.41 Å². The van der Waals surface area contributed by atoms with E-state index < -0.39 is 5.41 Å². The van der Waals surface area contributed by atoms with Gasteiger partial charge in [-0.05, 0) is 50.7 Å². The van der Waals surface area contributed by atoms with Gasteiger partial charge in [0.05, 0.1) is 6.07 Å². The van der Waals surface area contributed by atoms with Crippen LogP contribution in [-0.4, -0.2) is 11.9 Å². The smallest absolute Gasteiger partial charge is 0.247 e. The first-order chi connectivity index (χ1) is 9.18. The molecule has 1 aliphatic carbocycles. The molecular weight excluding hydrogens is 236 g/mol. The molecule has 1 heterocycles. The van der Waals surface area contributed by atoms with Crippen molar-refractivity contribution in [2.45, 2.75) is 45.1 Å². The van der Waals surface area contributed by atoms with Crippen LogP contribution in [0.2, 0.25) is 0 Å². The highest BCUT2D eigenvalue weighted by Gasteiger charge is 2.48. The van der Waals surface area contributed by atoms with E-state index in [0.29, 0.717) is 12.8 Å². The van der Waals surface area contributed by atoms with Crippen LogP contribution >= 0.6 is 0 Å². The molecular formula is C16H18N2O. The molecule has 1 unspecified atom stereocenters. The standard InChI is InChI=1S/C16H18N2O/c1-12-7-8-13-5-2-3-6-14(13)18(12)15(19)16(11-17)9-4-10-16/h2-3,5-6,12H,4,7-10H2,1H3. The molecule has 3 heteroatoms. The minimum atomic E-state index is -0.751. The van der Waals surface area contributed by atoms with Crippen molar-refractivity contribution in [2.24, 2.45) is 5.41 Å². The van der Waals surface area contributed by atoms with E-state index in [-0.39, 0.29) is 11.9 Å². The number of carbonyl (C=O) groups is 1. The van der Waals surface area contributed by atoms with E-state index in [0.717, 1.165) is 24.9 Å². The van der Waals surface area contributed by atoms with E-state index in [1.165, 1.54) is 5.56 Å². The van der Waals surface area contributed by atoms with E-state index in [9.17, 15) is 10.1 Å². The van der Waals surface area contributed by atoms with Gasteiger partial charge in [0.25, 0.3) is 0 Å². The largest absolute Gasteiger partial charge is 0.308 e. The Hall–Kier alpha value is -1.82. The summed E-state index contributed by atoms with van der Waals surface area (Å²) in [4.78, 5) is 14.7. The molecule has 3 nitrogen and oxygen atoms in total. The molecule has 2 aliphatic rings. The van der Waals surface area contributed by atoms with Gasteiger partial charge in [0.2, 0.25) is 5.91 Å². The predicted octanol–water partition coefficient (Wildman–Crippen LogP) is 3.05. The monoisotopic (exact) mass is 254 g/mol. The first kappa shape index (κ1) is 12.2. The number of nitrogens with zero attached hydrogens (tertiary/aromatic N) is 2. The van der Waals surface area contributed by atoms with Crippen molar-refractivity contribution in [3.63, 3.8) is 0 Å². The van der Waals surface area contributed by atoms with Crippen LogP contribution in [0.3, 0.4) is 0 Å². The van der Waals surface area contributed by atoms with Crippen molar-refractivity contribution in [1.29, 1.82) is 5.26 Å². The zero-order chi connectivity index (χ0) is 13.5. The summed E-state index contributed by atoms with van der Waals surface area (Å²) in [6, 6.07) is 10.5. The second kappa shape index (κ2) is 4.38. The van der Waals surface area contributed by atoms with Gasteiger partial charge in [0.15, 0.2) is 0 Å². The van der Waals surface area contributed by atoms with E-state index in [1.807, 2.05) is 23.1 Å². The Morgan fingerprint density at radius 2 is 2.16 bits per heavy atom. The molecule has 1 saturated carbocycles. The zero-order valence-corrected chi connectivity index (χ0v) is 11.2. The van der Waals surface area contributed by atoms with E-state index >= 15 is 0 Å². The van der Waals surface area contributed by atoms with Crippen molar-refractivity contribution in [2.75, 3.05) is 4.90 Å². The number of para-hydroxylation sites is 1. The molecule has 0 bridgehead atoms. The van der Waals surface area contributed by atoms with Crippen molar-refractivity contribution in [3.05, 3.63) is 29.8 Å². The highest BCUT2D eigenvalue weighted by molar-refractivity contribution is 6.01. The first-order valence-corrected chi connectivity index (χ1v) is 7.01. The maximum atomic E-state index is 12.8. The number of nitriles is 1. The molecule has 0 spiro atoms. The summed E-state index contributed by atoms with van der Waals surface area (Å²) in [5, 5.41) is 9.37. The summed E-state index contributed by atoms with van der Waals surface area (Å²) in [5.41, 5.74) is 1.48. The van der Waals surface area contributed by atoms with Gasteiger partial charge in [-0.1, -0.05) is 18.2 Å². The molecule has 1 aliphatic heterocycles. The van der Waals surface area contributed by atoms with Crippen LogP contribution in [0.4, 0.5) is 5.69 Å². The van der Waals surface area contributed by atoms with Crippen LogP contribution < -0.4 is 4.90 Å².